The van der Waals surface area contributed by atoms with Crippen molar-refractivity contribution in [3.8, 4) is 11.8 Å². The highest BCUT2D eigenvalue weighted by Crippen LogP contribution is 2.19. The Morgan fingerprint density at radius 3 is 3.20 bits per heavy atom. The predicted molar refractivity (Wildman–Crippen MR) is 60.2 cm³/mol. The van der Waals surface area contributed by atoms with Crippen LogP contribution in [0.3, 0.4) is 0 Å². The van der Waals surface area contributed by atoms with Crippen molar-refractivity contribution in [1.82, 2.24) is 15.1 Å². The molecule has 2 rings (SSSR count). The Balaban J connectivity index is 1.76. The average molecular weight is 203 g/mol. The van der Waals surface area contributed by atoms with E-state index < -0.39 is 0 Å². The first-order valence-corrected chi connectivity index (χ1v) is 5.53. The van der Waals surface area contributed by atoms with Gasteiger partial charge in [-0.1, -0.05) is 0 Å². The molecule has 15 heavy (non-hydrogen) atoms. The zero-order chi connectivity index (χ0) is 10.5. The molecule has 0 atom stereocenters. The molecule has 1 aromatic rings. The summed E-state index contributed by atoms with van der Waals surface area (Å²) in [6, 6.07) is 0.763. The van der Waals surface area contributed by atoms with Gasteiger partial charge in [0.15, 0.2) is 0 Å². The summed E-state index contributed by atoms with van der Waals surface area (Å²) in [4.78, 5) is 0. The van der Waals surface area contributed by atoms with Gasteiger partial charge in [-0.25, -0.2) is 0 Å². The van der Waals surface area contributed by atoms with Crippen LogP contribution in [0, 0.1) is 11.8 Å². The van der Waals surface area contributed by atoms with Gasteiger partial charge < -0.3 is 5.32 Å². The van der Waals surface area contributed by atoms with Gasteiger partial charge in [-0.2, -0.15) is 5.10 Å². The number of nitrogens with zero attached hydrogens (tertiary/aromatic N) is 2. The second-order valence-electron chi connectivity index (χ2n) is 3.94. The molecule has 0 spiro atoms. The first kappa shape index (κ1) is 10.3. The van der Waals surface area contributed by atoms with E-state index in [1.54, 1.807) is 0 Å². The van der Waals surface area contributed by atoms with Crippen LogP contribution < -0.4 is 5.32 Å². The van der Waals surface area contributed by atoms with E-state index in [9.17, 15) is 0 Å². The molecule has 0 unspecified atom stereocenters. The van der Waals surface area contributed by atoms with Crippen molar-refractivity contribution in [2.24, 2.45) is 0 Å². The van der Waals surface area contributed by atoms with Crippen LogP contribution in [0.4, 0.5) is 0 Å². The van der Waals surface area contributed by atoms with Crippen LogP contribution in [0.25, 0.3) is 0 Å². The van der Waals surface area contributed by atoms with E-state index in [2.05, 4.69) is 28.5 Å². The zero-order valence-electron chi connectivity index (χ0n) is 9.16. The number of aromatic nitrogens is 2. The van der Waals surface area contributed by atoms with E-state index in [4.69, 9.17) is 0 Å². The van der Waals surface area contributed by atoms with Crippen molar-refractivity contribution in [3.05, 3.63) is 18.0 Å². The summed E-state index contributed by atoms with van der Waals surface area (Å²) in [5.41, 5.74) is 1.27. The van der Waals surface area contributed by atoms with Crippen molar-refractivity contribution in [3.63, 3.8) is 0 Å². The van der Waals surface area contributed by atoms with Crippen LogP contribution >= 0.6 is 0 Å². The summed E-state index contributed by atoms with van der Waals surface area (Å²) in [7, 11) is 0. The Bertz CT molecular complexity index is 366. The summed E-state index contributed by atoms with van der Waals surface area (Å²) >= 11 is 0. The minimum absolute atomic E-state index is 0.763. The van der Waals surface area contributed by atoms with E-state index in [0.29, 0.717) is 0 Å². The molecule has 0 aromatic carbocycles. The molecule has 0 amide bonds. The van der Waals surface area contributed by atoms with Gasteiger partial charge >= 0.3 is 0 Å². The smallest absolute Gasteiger partial charge is 0.0534 e. The summed E-state index contributed by atoms with van der Waals surface area (Å²) < 4.78 is 1.97. The van der Waals surface area contributed by atoms with Crippen molar-refractivity contribution in [2.45, 2.75) is 45.3 Å². The Hall–Kier alpha value is -1.27. The lowest BCUT2D eigenvalue weighted by Crippen LogP contribution is -2.14. The van der Waals surface area contributed by atoms with Gasteiger partial charge in [-0.15, -0.1) is 11.8 Å². The van der Waals surface area contributed by atoms with E-state index in [1.165, 1.54) is 18.4 Å². The number of aryl methyl sites for hydroxylation is 1. The summed E-state index contributed by atoms with van der Waals surface area (Å²) in [6.07, 6.45) is 7.59. The molecule has 0 aliphatic heterocycles. The van der Waals surface area contributed by atoms with Gasteiger partial charge in [0.2, 0.25) is 0 Å². The van der Waals surface area contributed by atoms with Crippen molar-refractivity contribution in [1.29, 1.82) is 0 Å². The van der Waals surface area contributed by atoms with Crippen LogP contribution in [0.2, 0.25) is 0 Å². The molecule has 3 nitrogen and oxygen atoms in total. The van der Waals surface area contributed by atoms with Crippen LogP contribution in [-0.4, -0.2) is 15.8 Å². The van der Waals surface area contributed by atoms with E-state index in [1.807, 2.05) is 17.8 Å². The number of hydrogen-bond donors (Lipinski definition) is 1. The van der Waals surface area contributed by atoms with E-state index >= 15 is 0 Å². The third kappa shape index (κ3) is 3.41. The van der Waals surface area contributed by atoms with Gasteiger partial charge in [0.1, 0.15) is 0 Å². The first-order valence-electron chi connectivity index (χ1n) is 5.53. The van der Waals surface area contributed by atoms with Gasteiger partial charge in [0.25, 0.3) is 0 Å². The number of nitrogens with one attached hydrogen (secondary N) is 1. The maximum absolute atomic E-state index is 4.30. The highest BCUT2D eigenvalue weighted by Gasteiger charge is 2.19. The molecule has 1 aromatic heterocycles. The fourth-order valence-corrected chi connectivity index (χ4v) is 1.47. The Kier molecular flexibility index (Phi) is 3.41. The number of rotatable bonds is 5. The van der Waals surface area contributed by atoms with Gasteiger partial charge in [-0.3, -0.25) is 4.68 Å². The molecule has 1 saturated carbocycles. The van der Waals surface area contributed by atoms with Crippen LogP contribution in [0.15, 0.2) is 12.4 Å². The Labute approximate surface area is 90.9 Å². The molecular formula is C12H17N3. The summed E-state index contributed by atoms with van der Waals surface area (Å²) in [5.74, 6) is 5.93. The third-order valence-corrected chi connectivity index (χ3v) is 2.50. The molecular weight excluding hydrogens is 186 g/mol. The van der Waals surface area contributed by atoms with Crippen molar-refractivity contribution in [2.75, 3.05) is 0 Å². The molecule has 1 aliphatic rings. The SMILES string of the molecule is CC#CCCn1cc(CNC2CC2)cn1. The lowest BCUT2D eigenvalue weighted by atomic mass is 10.3. The van der Waals surface area contributed by atoms with Gasteiger partial charge in [-0.05, 0) is 19.8 Å². The van der Waals surface area contributed by atoms with Crippen LogP contribution in [0.5, 0.6) is 0 Å². The summed E-state index contributed by atoms with van der Waals surface area (Å²) in [5, 5.41) is 7.77. The topological polar surface area (TPSA) is 29.9 Å². The van der Waals surface area contributed by atoms with Gasteiger partial charge in [0.05, 0.1) is 12.7 Å². The maximum atomic E-state index is 4.30. The molecule has 80 valence electrons. The van der Waals surface area contributed by atoms with Gasteiger partial charge in [0, 0.05) is 30.8 Å². The standard InChI is InChI=1S/C12H17N3/c1-2-3-4-7-15-10-11(9-14-15)8-13-12-5-6-12/h9-10,12-13H,4-8H2,1H3. The molecule has 0 saturated heterocycles. The quantitative estimate of drug-likeness (QED) is 0.736. The average Bonchev–Trinajstić information content (AvgIpc) is 2.97. The van der Waals surface area contributed by atoms with Crippen LogP contribution in [-0.2, 0) is 13.1 Å². The lowest BCUT2D eigenvalue weighted by Gasteiger charge is -1.98. The minimum Gasteiger partial charge on any atom is -0.310 e. The Morgan fingerprint density at radius 2 is 2.47 bits per heavy atom. The molecule has 1 heterocycles. The normalized spacial score (nSPS) is 14.7. The Morgan fingerprint density at radius 1 is 1.60 bits per heavy atom. The lowest BCUT2D eigenvalue weighted by molar-refractivity contribution is 0.627. The van der Waals surface area contributed by atoms with Crippen LogP contribution in [0.1, 0.15) is 31.7 Å². The van der Waals surface area contributed by atoms with Crippen molar-refractivity contribution >= 4 is 0 Å². The molecule has 3 heteroatoms. The number of hydrogen-bond acceptors (Lipinski definition) is 2. The minimum atomic E-state index is 0.763. The largest absolute Gasteiger partial charge is 0.310 e. The predicted octanol–water partition coefficient (Wildman–Crippen LogP) is 1.55. The maximum Gasteiger partial charge on any atom is 0.0534 e. The van der Waals surface area contributed by atoms with Crippen molar-refractivity contribution < 1.29 is 0 Å². The van der Waals surface area contributed by atoms with E-state index in [-0.39, 0.29) is 0 Å². The second kappa shape index (κ2) is 4.99. The molecule has 1 N–H and O–H groups in total. The molecule has 1 aliphatic carbocycles. The summed E-state index contributed by atoms with van der Waals surface area (Å²) in [6.45, 7) is 3.71. The monoisotopic (exact) mass is 203 g/mol. The zero-order valence-corrected chi connectivity index (χ0v) is 9.16. The second-order valence-corrected chi connectivity index (χ2v) is 3.94. The first-order chi connectivity index (χ1) is 7.38. The fourth-order valence-electron chi connectivity index (χ4n) is 1.47. The highest BCUT2D eigenvalue weighted by atomic mass is 15.3. The molecule has 1 fully saturated rings. The molecule has 0 bridgehead atoms. The highest BCUT2D eigenvalue weighted by molar-refractivity contribution is 5.04. The molecule has 0 radical (unpaired) electrons. The third-order valence-electron chi connectivity index (χ3n) is 2.50. The fraction of sp³-hybridized carbons (Fsp3) is 0.583. The van der Waals surface area contributed by atoms with E-state index in [0.717, 1.165) is 25.6 Å².